The lowest BCUT2D eigenvalue weighted by molar-refractivity contribution is 0.0786. The van der Waals surface area contributed by atoms with E-state index in [1.165, 1.54) is 0 Å². The number of nitrogens with zero attached hydrogens (tertiary/aromatic N) is 4. The van der Waals surface area contributed by atoms with Gasteiger partial charge in [-0.05, 0) is 30.7 Å². The third-order valence-electron chi connectivity index (χ3n) is 3.30. The Bertz CT molecular complexity index is 567. The van der Waals surface area contributed by atoms with E-state index in [0.29, 0.717) is 17.1 Å². The molecule has 1 saturated heterocycles. The molecule has 1 aliphatic rings. The summed E-state index contributed by atoms with van der Waals surface area (Å²) in [6.45, 7) is 1.38. The Balaban J connectivity index is 1.71. The van der Waals surface area contributed by atoms with Crippen LogP contribution in [0, 0.1) is 0 Å². The molecule has 0 N–H and O–H groups in total. The second-order valence-electron chi connectivity index (χ2n) is 4.55. The summed E-state index contributed by atoms with van der Waals surface area (Å²) >= 11 is 5.82. The van der Waals surface area contributed by atoms with E-state index in [0.717, 1.165) is 13.0 Å². The van der Waals surface area contributed by atoms with Crippen LogP contribution in [-0.4, -0.2) is 38.9 Å². The molecule has 1 fully saturated rings. The van der Waals surface area contributed by atoms with Gasteiger partial charge in [-0.25, -0.2) is 0 Å². The summed E-state index contributed by atoms with van der Waals surface area (Å²) in [5.41, 5.74) is 0.665. The van der Waals surface area contributed by atoms with E-state index in [9.17, 15) is 4.79 Å². The van der Waals surface area contributed by atoms with Gasteiger partial charge in [0.1, 0.15) is 0 Å². The van der Waals surface area contributed by atoms with Gasteiger partial charge in [0.2, 0.25) is 0 Å². The number of hydrogen-bond acceptors (Lipinski definition) is 3. The highest BCUT2D eigenvalue weighted by molar-refractivity contribution is 6.30. The summed E-state index contributed by atoms with van der Waals surface area (Å²) in [7, 11) is 0. The molecule has 0 aliphatic carbocycles. The number of likely N-dealkylation sites (tertiary alicyclic amines) is 1. The summed E-state index contributed by atoms with van der Waals surface area (Å²) in [4.78, 5) is 15.8. The minimum absolute atomic E-state index is 0.0336. The lowest BCUT2D eigenvalue weighted by Crippen LogP contribution is -2.29. The molecule has 2 heterocycles. The van der Waals surface area contributed by atoms with Gasteiger partial charge < -0.3 is 4.90 Å². The van der Waals surface area contributed by atoms with Crippen LogP contribution < -0.4 is 0 Å². The van der Waals surface area contributed by atoms with E-state index < -0.39 is 0 Å². The average Bonchev–Trinajstić information content (AvgIpc) is 3.10. The van der Waals surface area contributed by atoms with Gasteiger partial charge in [0.15, 0.2) is 0 Å². The highest BCUT2D eigenvalue weighted by Crippen LogP contribution is 2.22. The number of aromatic nitrogens is 3. The van der Waals surface area contributed by atoms with Crippen molar-refractivity contribution in [3.8, 4) is 0 Å². The van der Waals surface area contributed by atoms with Gasteiger partial charge in [0.25, 0.3) is 5.91 Å². The number of carbonyl (C=O) groups is 1. The highest BCUT2D eigenvalue weighted by Gasteiger charge is 2.28. The highest BCUT2D eigenvalue weighted by atomic mass is 35.5. The third-order valence-corrected chi connectivity index (χ3v) is 3.56. The van der Waals surface area contributed by atoms with Crippen LogP contribution in [0.4, 0.5) is 0 Å². The number of rotatable bonds is 2. The fourth-order valence-electron chi connectivity index (χ4n) is 2.30. The van der Waals surface area contributed by atoms with Crippen LogP contribution in [0.1, 0.15) is 22.8 Å². The second-order valence-corrected chi connectivity index (χ2v) is 4.99. The van der Waals surface area contributed by atoms with Gasteiger partial charge in [0, 0.05) is 23.7 Å². The van der Waals surface area contributed by atoms with Crippen molar-refractivity contribution in [2.24, 2.45) is 0 Å². The zero-order valence-electron chi connectivity index (χ0n) is 10.2. The van der Waals surface area contributed by atoms with E-state index in [2.05, 4.69) is 10.2 Å². The molecule has 1 aromatic carbocycles. The average molecular weight is 277 g/mol. The smallest absolute Gasteiger partial charge is 0.253 e. The first-order chi connectivity index (χ1) is 9.24. The lowest BCUT2D eigenvalue weighted by Gasteiger charge is -2.16. The Morgan fingerprint density at radius 3 is 2.58 bits per heavy atom. The molecular formula is C13H13ClN4O. The Labute approximate surface area is 115 Å². The Morgan fingerprint density at radius 1 is 1.21 bits per heavy atom. The topological polar surface area (TPSA) is 51.0 Å². The number of hydrogen-bond donors (Lipinski definition) is 0. The largest absolute Gasteiger partial charge is 0.336 e. The first kappa shape index (κ1) is 12.2. The Kier molecular flexibility index (Phi) is 3.21. The number of amides is 1. The zero-order chi connectivity index (χ0) is 13.2. The quantitative estimate of drug-likeness (QED) is 0.843. The summed E-state index contributed by atoms with van der Waals surface area (Å²) in [6.07, 6.45) is 4.20. The first-order valence-electron chi connectivity index (χ1n) is 6.14. The molecule has 1 atom stereocenters. The van der Waals surface area contributed by atoms with Crippen molar-refractivity contribution in [2.45, 2.75) is 12.5 Å². The van der Waals surface area contributed by atoms with Crippen molar-refractivity contribution in [3.05, 3.63) is 47.2 Å². The van der Waals surface area contributed by atoms with Crippen molar-refractivity contribution >= 4 is 17.5 Å². The third kappa shape index (κ3) is 2.46. The molecule has 1 amide bonds. The molecule has 2 aromatic rings. The van der Waals surface area contributed by atoms with E-state index in [4.69, 9.17) is 11.6 Å². The van der Waals surface area contributed by atoms with Crippen molar-refractivity contribution in [1.29, 1.82) is 0 Å². The predicted molar refractivity (Wildman–Crippen MR) is 71.0 cm³/mol. The van der Waals surface area contributed by atoms with Gasteiger partial charge in [-0.2, -0.15) is 15.0 Å². The predicted octanol–water partition coefficient (Wildman–Crippen LogP) is 2.02. The summed E-state index contributed by atoms with van der Waals surface area (Å²) in [5.74, 6) is 0.0336. The summed E-state index contributed by atoms with van der Waals surface area (Å²) < 4.78 is 0. The molecule has 98 valence electrons. The summed E-state index contributed by atoms with van der Waals surface area (Å²) in [5, 5.41) is 8.89. The molecule has 0 saturated carbocycles. The molecule has 0 unspecified atom stereocenters. The van der Waals surface area contributed by atoms with Crippen molar-refractivity contribution in [1.82, 2.24) is 19.9 Å². The molecule has 1 aromatic heterocycles. The normalized spacial score (nSPS) is 18.8. The molecule has 3 rings (SSSR count). The summed E-state index contributed by atoms with van der Waals surface area (Å²) in [6, 6.07) is 7.15. The minimum Gasteiger partial charge on any atom is -0.336 e. The Hall–Kier alpha value is -1.88. The van der Waals surface area contributed by atoms with Crippen molar-refractivity contribution < 1.29 is 4.79 Å². The number of carbonyl (C=O) groups excluding carboxylic acids is 1. The van der Waals surface area contributed by atoms with Gasteiger partial charge in [-0.15, -0.1) is 0 Å². The molecule has 0 radical (unpaired) electrons. The zero-order valence-corrected chi connectivity index (χ0v) is 11.0. The van der Waals surface area contributed by atoms with Gasteiger partial charge in [0.05, 0.1) is 18.4 Å². The van der Waals surface area contributed by atoms with E-state index in [1.54, 1.807) is 41.5 Å². The molecular weight excluding hydrogens is 264 g/mol. The molecule has 0 bridgehead atoms. The maximum Gasteiger partial charge on any atom is 0.253 e. The van der Waals surface area contributed by atoms with Crippen LogP contribution in [0.25, 0.3) is 0 Å². The number of halogens is 1. The minimum atomic E-state index is 0.0336. The maximum atomic E-state index is 12.3. The van der Waals surface area contributed by atoms with Crippen LogP contribution in [0.15, 0.2) is 36.7 Å². The number of benzene rings is 1. The van der Waals surface area contributed by atoms with Crippen LogP contribution in [0.2, 0.25) is 5.02 Å². The second kappa shape index (κ2) is 5.01. The Morgan fingerprint density at radius 2 is 1.89 bits per heavy atom. The molecule has 0 spiro atoms. The van der Waals surface area contributed by atoms with E-state index in [-0.39, 0.29) is 11.9 Å². The van der Waals surface area contributed by atoms with Crippen LogP contribution in [0.3, 0.4) is 0 Å². The van der Waals surface area contributed by atoms with Crippen LogP contribution in [-0.2, 0) is 0 Å². The first-order valence-corrected chi connectivity index (χ1v) is 6.52. The maximum absolute atomic E-state index is 12.3. The van der Waals surface area contributed by atoms with E-state index >= 15 is 0 Å². The fraction of sp³-hybridized carbons (Fsp3) is 0.308. The standard InChI is InChI=1S/C13H13ClN4O/c14-11-3-1-10(2-4-11)13(19)17-8-5-12(9-17)18-15-6-7-16-18/h1-4,6-7,12H,5,8-9H2/t12-/m0/s1. The van der Waals surface area contributed by atoms with Gasteiger partial charge in [-0.1, -0.05) is 11.6 Å². The van der Waals surface area contributed by atoms with Gasteiger partial charge in [-0.3, -0.25) is 4.79 Å². The lowest BCUT2D eigenvalue weighted by atomic mass is 10.2. The van der Waals surface area contributed by atoms with Crippen molar-refractivity contribution in [3.63, 3.8) is 0 Å². The van der Waals surface area contributed by atoms with E-state index in [1.807, 2.05) is 4.90 Å². The molecule has 19 heavy (non-hydrogen) atoms. The molecule has 1 aliphatic heterocycles. The SMILES string of the molecule is O=C(c1ccc(Cl)cc1)N1CC[C@H](n2nccn2)C1. The van der Waals surface area contributed by atoms with Crippen LogP contribution >= 0.6 is 11.6 Å². The van der Waals surface area contributed by atoms with Crippen LogP contribution in [0.5, 0.6) is 0 Å². The molecule has 5 nitrogen and oxygen atoms in total. The monoisotopic (exact) mass is 276 g/mol. The molecule has 6 heteroatoms. The fourth-order valence-corrected chi connectivity index (χ4v) is 2.43. The van der Waals surface area contributed by atoms with Gasteiger partial charge >= 0.3 is 0 Å². The van der Waals surface area contributed by atoms with Crippen molar-refractivity contribution in [2.75, 3.05) is 13.1 Å².